The van der Waals surface area contributed by atoms with Crippen LogP contribution in [-0.4, -0.2) is 41.9 Å². The van der Waals surface area contributed by atoms with Crippen molar-refractivity contribution in [2.45, 2.75) is 24.8 Å². The Morgan fingerprint density at radius 3 is 2.95 bits per heavy atom. The number of anilines is 1. The van der Waals surface area contributed by atoms with Gasteiger partial charge in [-0.25, -0.2) is 0 Å². The van der Waals surface area contributed by atoms with Gasteiger partial charge in [0.25, 0.3) is 0 Å². The summed E-state index contributed by atoms with van der Waals surface area (Å²) in [5.41, 5.74) is 7.39. The van der Waals surface area contributed by atoms with E-state index in [0.29, 0.717) is 5.75 Å². The molecule has 1 unspecified atom stereocenters. The number of ether oxygens (including phenoxy) is 1. The number of nitrogens with zero attached hydrogens (tertiary/aromatic N) is 1. The molecular weight excluding hydrogens is 260 g/mol. The molecule has 4 N–H and O–H groups in total. The predicted molar refractivity (Wildman–Crippen MR) is 73.5 cm³/mol. The van der Waals surface area contributed by atoms with Crippen LogP contribution < -0.4 is 15.4 Å². The summed E-state index contributed by atoms with van der Waals surface area (Å²) in [7, 11) is 1.95. The maximum Gasteiger partial charge on any atom is 0.324 e. The molecule has 6 nitrogen and oxygen atoms in total. The van der Waals surface area contributed by atoms with E-state index in [4.69, 9.17) is 10.5 Å². The lowest BCUT2D eigenvalue weighted by Gasteiger charge is -2.23. The maximum atomic E-state index is 11.4. The lowest BCUT2D eigenvalue weighted by atomic mass is 9.86. The van der Waals surface area contributed by atoms with Crippen molar-refractivity contribution in [2.24, 2.45) is 5.73 Å². The van der Waals surface area contributed by atoms with Crippen molar-refractivity contribution >= 4 is 11.7 Å². The van der Waals surface area contributed by atoms with Gasteiger partial charge < -0.3 is 25.6 Å². The van der Waals surface area contributed by atoms with Crippen LogP contribution in [0.15, 0.2) is 6.07 Å². The van der Waals surface area contributed by atoms with E-state index in [-0.39, 0.29) is 25.2 Å². The summed E-state index contributed by atoms with van der Waals surface area (Å²) < 4.78 is 5.57. The van der Waals surface area contributed by atoms with E-state index in [1.807, 2.05) is 11.9 Å². The second kappa shape index (κ2) is 4.28. The van der Waals surface area contributed by atoms with Gasteiger partial charge in [0.15, 0.2) is 11.5 Å². The quantitative estimate of drug-likeness (QED) is 0.692. The number of nitrogens with two attached hydrogens (primary N) is 1. The third-order valence-corrected chi connectivity index (χ3v) is 4.27. The normalized spacial score (nSPS) is 24.6. The number of hydrogen-bond donors (Lipinski definition) is 3. The van der Waals surface area contributed by atoms with Crippen molar-refractivity contribution in [3.8, 4) is 11.5 Å². The first-order valence-electron chi connectivity index (χ1n) is 6.66. The summed E-state index contributed by atoms with van der Waals surface area (Å²) in [5.74, 6) is -0.577. The fourth-order valence-corrected chi connectivity index (χ4v) is 3.02. The van der Waals surface area contributed by atoms with Gasteiger partial charge >= 0.3 is 5.97 Å². The van der Waals surface area contributed by atoms with Crippen LogP contribution in [0.4, 0.5) is 5.69 Å². The van der Waals surface area contributed by atoms with Crippen molar-refractivity contribution in [1.82, 2.24) is 0 Å². The van der Waals surface area contributed by atoms with Gasteiger partial charge in [-0.15, -0.1) is 0 Å². The van der Waals surface area contributed by atoms with Gasteiger partial charge in [0.05, 0.1) is 6.61 Å². The van der Waals surface area contributed by atoms with Crippen LogP contribution in [-0.2, 0) is 17.6 Å². The number of likely N-dealkylation sites (N-methyl/N-ethyl adjacent to an activating group) is 1. The molecule has 3 rings (SSSR count). The Kier molecular flexibility index (Phi) is 2.79. The van der Waals surface area contributed by atoms with E-state index in [1.165, 1.54) is 0 Å². The third kappa shape index (κ3) is 1.79. The number of rotatable bonds is 1. The zero-order valence-electron chi connectivity index (χ0n) is 11.3. The summed E-state index contributed by atoms with van der Waals surface area (Å²) in [4.78, 5) is 13.5. The van der Waals surface area contributed by atoms with Gasteiger partial charge in [-0.1, -0.05) is 0 Å². The van der Waals surface area contributed by atoms with E-state index >= 15 is 0 Å². The zero-order chi connectivity index (χ0) is 14.5. The van der Waals surface area contributed by atoms with Crippen LogP contribution in [0.2, 0.25) is 0 Å². The van der Waals surface area contributed by atoms with Crippen LogP contribution in [0.25, 0.3) is 0 Å². The molecule has 1 atom stereocenters. The van der Waals surface area contributed by atoms with E-state index < -0.39 is 11.5 Å². The molecule has 0 saturated heterocycles. The number of aromatic hydroxyl groups is 1. The number of hydrogen-bond acceptors (Lipinski definition) is 5. The predicted octanol–water partition coefficient (Wildman–Crippen LogP) is 0.492. The summed E-state index contributed by atoms with van der Waals surface area (Å²) in [6.45, 7) is 1.04. The Balaban J connectivity index is 2.16. The molecule has 20 heavy (non-hydrogen) atoms. The van der Waals surface area contributed by atoms with E-state index in [0.717, 1.165) is 29.8 Å². The van der Waals surface area contributed by atoms with E-state index in [1.54, 1.807) is 6.07 Å². The average Bonchev–Trinajstić information content (AvgIpc) is 2.64. The van der Waals surface area contributed by atoms with Crippen molar-refractivity contribution in [1.29, 1.82) is 0 Å². The van der Waals surface area contributed by atoms with Crippen molar-refractivity contribution in [3.05, 3.63) is 17.2 Å². The van der Waals surface area contributed by atoms with Gasteiger partial charge in [0.1, 0.15) is 5.54 Å². The van der Waals surface area contributed by atoms with E-state index in [2.05, 4.69) is 0 Å². The smallest absolute Gasteiger partial charge is 0.324 e. The fourth-order valence-electron chi connectivity index (χ4n) is 3.02. The van der Waals surface area contributed by atoms with Gasteiger partial charge in [-0.2, -0.15) is 0 Å². The van der Waals surface area contributed by atoms with Gasteiger partial charge in [0, 0.05) is 43.8 Å². The van der Waals surface area contributed by atoms with Crippen LogP contribution in [0.1, 0.15) is 17.5 Å². The largest absolute Gasteiger partial charge is 0.504 e. The molecule has 2 aliphatic heterocycles. The van der Waals surface area contributed by atoms with Gasteiger partial charge in [0.2, 0.25) is 0 Å². The molecule has 2 heterocycles. The highest BCUT2D eigenvalue weighted by Gasteiger charge is 2.40. The molecule has 0 bridgehead atoms. The molecule has 0 radical (unpaired) electrons. The lowest BCUT2D eigenvalue weighted by molar-refractivity contribution is -0.143. The van der Waals surface area contributed by atoms with Crippen LogP contribution >= 0.6 is 0 Å². The lowest BCUT2D eigenvalue weighted by Crippen LogP contribution is -2.50. The molecule has 0 amide bonds. The minimum absolute atomic E-state index is 0.0575. The summed E-state index contributed by atoms with van der Waals surface area (Å²) >= 11 is 0. The number of aliphatic carboxylic acids is 1. The van der Waals surface area contributed by atoms with E-state index in [9.17, 15) is 15.0 Å². The molecule has 0 aliphatic carbocycles. The molecule has 0 spiro atoms. The second-order valence-corrected chi connectivity index (χ2v) is 5.61. The second-order valence-electron chi connectivity index (χ2n) is 5.61. The highest BCUT2D eigenvalue weighted by Crippen LogP contribution is 2.44. The first-order valence-corrected chi connectivity index (χ1v) is 6.66. The molecule has 6 heteroatoms. The number of fused-ring (bicyclic) bond motifs is 3. The van der Waals surface area contributed by atoms with Crippen molar-refractivity contribution in [2.75, 3.05) is 25.1 Å². The van der Waals surface area contributed by atoms with Crippen LogP contribution in [0.3, 0.4) is 0 Å². The Morgan fingerprint density at radius 1 is 1.50 bits per heavy atom. The number of phenols is 1. The number of carbonyl (C=O) groups is 1. The highest BCUT2D eigenvalue weighted by atomic mass is 16.5. The molecule has 0 saturated carbocycles. The molecule has 1 aromatic rings. The number of carboxylic acid groups (broad SMARTS) is 1. The van der Waals surface area contributed by atoms with Crippen molar-refractivity contribution in [3.63, 3.8) is 0 Å². The summed E-state index contributed by atoms with van der Waals surface area (Å²) in [6.07, 6.45) is 1.22. The van der Waals surface area contributed by atoms with Crippen LogP contribution in [0.5, 0.6) is 11.5 Å². The SMILES string of the molecule is CN1CCc2c1cc(O)c1c2CC(N)(C(=O)O)CCO1. The first-order chi connectivity index (χ1) is 9.42. The average molecular weight is 278 g/mol. The Labute approximate surface area is 116 Å². The minimum Gasteiger partial charge on any atom is -0.504 e. The zero-order valence-corrected chi connectivity index (χ0v) is 11.3. The molecule has 1 aromatic carbocycles. The monoisotopic (exact) mass is 278 g/mol. The maximum absolute atomic E-state index is 11.4. The Morgan fingerprint density at radius 2 is 2.25 bits per heavy atom. The summed E-state index contributed by atoms with van der Waals surface area (Å²) in [6, 6.07) is 1.69. The van der Waals surface area contributed by atoms with Gasteiger partial charge in [-0.3, -0.25) is 4.79 Å². The molecule has 108 valence electrons. The van der Waals surface area contributed by atoms with Crippen LogP contribution in [0, 0.1) is 0 Å². The topological polar surface area (TPSA) is 96.0 Å². The standard InChI is InChI=1S/C14H18N2O4/c1-16-4-2-8-9-7-14(15,13(18)19)3-5-20-12(9)11(17)6-10(8)16/h6,17H,2-5,7,15H2,1H3,(H,18,19). The summed E-state index contributed by atoms with van der Waals surface area (Å²) in [5, 5.41) is 19.5. The molecular formula is C14H18N2O4. The van der Waals surface area contributed by atoms with Crippen molar-refractivity contribution < 1.29 is 19.7 Å². The molecule has 2 aliphatic rings. The third-order valence-electron chi connectivity index (χ3n) is 4.27. The minimum atomic E-state index is -1.34. The first kappa shape index (κ1) is 13.1. The number of benzene rings is 1. The number of carboxylic acids is 1. The fraction of sp³-hybridized carbons (Fsp3) is 0.500. The molecule has 0 fully saturated rings. The van der Waals surface area contributed by atoms with Gasteiger partial charge in [-0.05, 0) is 12.0 Å². The number of phenolic OH excluding ortho intramolecular Hbond substituents is 1. The Bertz CT molecular complexity index is 587. The Hall–Kier alpha value is -1.95. The highest BCUT2D eigenvalue weighted by molar-refractivity contribution is 5.80. The molecule has 0 aromatic heterocycles.